The molecule has 0 aliphatic heterocycles. The SMILES string of the molecule is c1ccc(-c2nc(-c3ccccc3)nc(-c3cccc(N(c4ccc5ccc6cccc7ccc4c5c67)c4ccc5ccc6cccc7ccc4c5c67)c3)n2)cc1. The number of hydrogen-bond donors (Lipinski definition) is 0. The average molecular weight is 725 g/mol. The fourth-order valence-corrected chi connectivity index (χ4v) is 8.96. The number of rotatable bonds is 6. The second kappa shape index (κ2) is 12.4. The molecule has 4 heteroatoms. The van der Waals surface area contributed by atoms with E-state index in [2.05, 4.69) is 138 Å². The van der Waals surface area contributed by atoms with E-state index < -0.39 is 0 Å². The van der Waals surface area contributed by atoms with Crippen LogP contribution >= 0.6 is 0 Å². The molecule has 1 heterocycles. The lowest BCUT2D eigenvalue weighted by molar-refractivity contribution is 1.07. The molecule has 0 radical (unpaired) electrons. The van der Waals surface area contributed by atoms with Crippen molar-refractivity contribution in [2.75, 3.05) is 4.90 Å². The van der Waals surface area contributed by atoms with E-state index in [1.807, 2.05) is 60.7 Å². The largest absolute Gasteiger partial charge is 0.309 e. The first-order valence-corrected chi connectivity index (χ1v) is 19.4. The fourth-order valence-electron chi connectivity index (χ4n) is 8.96. The number of nitrogens with zero attached hydrogens (tertiary/aromatic N) is 4. The van der Waals surface area contributed by atoms with Gasteiger partial charge < -0.3 is 4.90 Å². The number of hydrogen-bond acceptors (Lipinski definition) is 4. The van der Waals surface area contributed by atoms with Gasteiger partial charge in [-0.2, -0.15) is 0 Å². The summed E-state index contributed by atoms with van der Waals surface area (Å²) in [6.07, 6.45) is 0. The fraction of sp³-hybridized carbons (Fsp3) is 0. The quantitative estimate of drug-likeness (QED) is 0.160. The van der Waals surface area contributed by atoms with Crippen molar-refractivity contribution in [1.82, 2.24) is 15.0 Å². The van der Waals surface area contributed by atoms with Crippen LogP contribution in [-0.2, 0) is 0 Å². The third kappa shape index (κ3) is 4.98. The summed E-state index contributed by atoms with van der Waals surface area (Å²) in [4.78, 5) is 17.6. The summed E-state index contributed by atoms with van der Waals surface area (Å²) in [5.74, 6) is 1.90. The molecule has 12 rings (SSSR count). The highest BCUT2D eigenvalue weighted by molar-refractivity contribution is 6.28. The van der Waals surface area contributed by atoms with Gasteiger partial charge in [-0.05, 0) is 78.1 Å². The summed E-state index contributed by atoms with van der Waals surface area (Å²) in [6, 6.07) is 69.4. The van der Waals surface area contributed by atoms with E-state index in [0.717, 1.165) is 33.8 Å². The molecule has 264 valence electrons. The summed E-state index contributed by atoms with van der Waals surface area (Å²) < 4.78 is 0. The van der Waals surface area contributed by atoms with Crippen LogP contribution in [0.15, 0.2) is 194 Å². The number of benzene rings is 11. The van der Waals surface area contributed by atoms with Gasteiger partial charge in [-0.25, -0.2) is 15.0 Å². The van der Waals surface area contributed by atoms with Gasteiger partial charge in [-0.1, -0.05) is 170 Å². The minimum Gasteiger partial charge on any atom is -0.309 e. The molecule has 12 aromatic rings. The Balaban J connectivity index is 1.13. The van der Waals surface area contributed by atoms with Gasteiger partial charge in [-0.15, -0.1) is 0 Å². The maximum absolute atomic E-state index is 5.12. The normalized spacial score (nSPS) is 11.9. The lowest BCUT2D eigenvalue weighted by atomic mass is 9.91. The van der Waals surface area contributed by atoms with Crippen molar-refractivity contribution in [2.45, 2.75) is 0 Å². The van der Waals surface area contributed by atoms with Gasteiger partial charge in [0.2, 0.25) is 0 Å². The first-order valence-electron chi connectivity index (χ1n) is 19.4. The molecule has 0 unspecified atom stereocenters. The van der Waals surface area contributed by atoms with Crippen molar-refractivity contribution in [1.29, 1.82) is 0 Å². The third-order valence-electron chi connectivity index (χ3n) is 11.6. The van der Waals surface area contributed by atoms with Crippen LogP contribution in [0.4, 0.5) is 17.1 Å². The third-order valence-corrected chi connectivity index (χ3v) is 11.6. The van der Waals surface area contributed by atoms with Crippen LogP contribution in [-0.4, -0.2) is 15.0 Å². The first kappa shape index (κ1) is 31.6. The van der Waals surface area contributed by atoms with Crippen LogP contribution in [0, 0.1) is 0 Å². The van der Waals surface area contributed by atoms with Gasteiger partial charge in [0.25, 0.3) is 0 Å². The highest BCUT2D eigenvalue weighted by Gasteiger charge is 2.23. The average Bonchev–Trinajstić information content (AvgIpc) is 3.29. The first-order chi connectivity index (χ1) is 28.2. The summed E-state index contributed by atoms with van der Waals surface area (Å²) in [6.45, 7) is 0. The molecule has 57 heavy (non-hydrogen) atoms. The Morgan fingerprint density at radius 2 is 0.649 bits per heavy atom. The summed E-state index contributed by atoms with van der Waals surface area (Å²) in [5.41, 5.74) is 6.03. The van der Waals surface area contributed by atoms with Crippen molar-refractivity contribution >= 4 is 81.7 Å². The standard InChI is InChI=1S/C53H32N4/c1-3-10-39(11-4-1)51-54-52(40-12-5-2-6-13-40)56-53(55-51)41-18-9-19-42(32-41)57(45-30-26-37-22-20-33-14-7-16-35-24-28-43(45)49(37)47(33)35)46-31-27-38-23-21-34-15-8-17-36-25-29-44(46)50(38)48(34)36/h1-32H. The Morgan fingerprint density at radius 1 is 0.281 bits per heavy atom. The predicted octanol–water partition coefficient (Wildman–Crippen LogP) is 14.1. The molecule has 0 amide bonds. The lowest BCUT2D eigenvalue weighted by Crippen LogP contribution is -2.12. The Kier molecular flexibility index (Phi) is 6.89. The van der Waals surface area contributed by atoms with Gasteiger partial charge in [0, 0.05) is 33.2 Å². The van der Waals surface area contributed by atoms with Crippen molar-refractivity contribution in [3.63, 3.8) is 0 Å². The van der Waals surface area contributed by atoms with E-state index in [9.17, 15) is 0 Å². The maximum Gasteiger partial charge on any atom is 0.164 e. The van der Waals surface area contributed by atoms with E-state index in [-0.39, 0.29) is 0 Å². The predicted molar refractivity (Wildman–Crippen MR) is 238 cm³/mol. The van der Waals surface area contributed by atoms with Crippen molar-refractivity contribution < 1.29 is 0 Å². The van der Waals surface area contributed by atoms with E-state index in [0.29, 0.717) is 17.5 Å². The van der Waals surface area contributed by atoms with Gasteiger partial charge in [0.05, 0.1) is 11.4 Å². The lowest BCUT2D eigenvalue weighted by Gasteiger charge is -2.29. The van der Waals surface area contributed by atoms with E-state index in [4.69, 9.17) is 15.0 Å². The second-order valence-electron chi connectivity index (χ2n) is 14.8. The van der Waals surface area contributed by atoms with Crippen LogP contribution in [0.25, 0.3) is 98.8 Å². The Labute approximate surface area is 328 Å². The summed E-state index contributed by atoms with van der Waals surface area (Å²) in [7, 11) is 0. The van der Waals surface area contributed by atoms with Crippen LogP contribution in [0.3, 0.4) is 0 Å². The maximum atomic E-state index is 5.12. The monoisotopic (exact) mass is 724 g/mol. The molecule has 0 aliphatic carbocycles. The highest BCUT2D eigenvalue weighted by atomic mass is 15.1. The van der Waals surface area contributed by atoms with Crippen LogP contribution in [0.2, 0.25) is 0 Å². The Bertz CT molecular complexity index is 3230. The summed E-state index contributed by atoms with van der Waals surface area (Å²) in [5, 5.41) is 15.0. The van der Waals surface area contributed by atoms with Crippen molar-refractivity contribution in [2.24, 2.45) is 0 Å². The van der Waals surface area contributed by atoms with E-state index in [1.54, 1.807) is 0 Å². The van der Waals surface area contributed by atoms with Gasteiger partial charge >= 0.3 is 0 Å². The van der Waals surface area contributed by atoms with Gasteiger partial charge in [0.15, 0.2) is 17.5 Å². The zero-order valence-corrected chi connectivity index (χ0v) is 30.8. The van der Waals surface area contributed by atoms with Crippen LogP contribution in [0.5, 0.6) is 0 Å². The van der Waals surface area contributed by atoms with E-state index >= 15 is 0 Å². The number of aromatic nitrogens is 3. The molecular formula is C53H32N4. The zero-order chi connectivity index (χ0) is 37.5. The highest BCUT2D eigenvalue weighted by Crippen LogP contribution is 2.48. The molecule has 0 bridgehead atoms. The molecule has 11 aromatic carbocycles. The van der Waals surface area contributed by atoms with E-state index in [1.165, 1.54) is 64.6 Å². The van der Waals surface area contributed by atoms with Crippen LogP contribution < -0.4 is 4.90 Å². The van der Waals surface area contributed by atoms with Crippen molar-refractivity contribution in [3.05, 3.63) is 194 Å². The molecule has 0 aliphatic rings. The van der Waals surface area contributed by atoms with Gasteiger partial charge in [-0.3, -0.25) is 0 Å². The molecule has 0 N–H and O–H groups in total. The molecule has 4 nitrogen and oxygen atoms in total. The molecule has 0 saturated heterocycles. The molecule has 0 spiro atoms. The molecule has 0 atom stereocenters. The molecule has 0 fully saturated rings. The summed E-state index contributed by atoms with van der Waals surface area (Å²) >= 11 is 0. The molecule has 0 saturated carbocycles. The molecule has 1 aromatic heterocycles. The van der Waals surface area contributed by atoms with Gasteiger partial charge in [0.1, 0.15) is 0 Å². The van der Waals surface area contributed by atoms with Crippen LogP contribution in [0.1, 0.15) is 0 Å². The minimum absolute atomic E-state index is 0.621. The Hall–Kier alpha value is -7.69. The minimum atomic E-state index is 0.621. The Morgan fingerprint density at radius 3 is 1.12 bits per heavy atom. The smallest absolute Gasteiger partial charge is 0.164 e. The number of anilines is 3. The molecular weight excluding hydrogens is 693 g/mol. The second-order valence-corrected chi connectivity index (χ2v) is 14.8. The zero-order valence-electron chi connectivity index (χ0n) is 30.8. The van der Waals surface area contributed by atoms with Crippen molar-refractivity contribution in [3.8, 4) is 34.2 Å². The topological polar surface area (TPSA) is 41.9 Å².